The van der Waals surface area contributed by atoms with Crippen molar-refractivity contribution in [2.45, 2.75) is 19.3 Å². The molecule has 0 bridgehead atoms. The van der Waals surface area contributed by atoms with E-state index in [9.17, 15) is 14.9 Å². The van der Waals surface area contributed by atoms with Crippen LogP contribution in [0, 0.1) is 10.1 Å². The van der Waals surface area contributed by atoms with Gasteiger partial charge in [0.05, 0.1) is 10.6 Å². The number of piperidine rings is 1. The molecular weight excluding hydrogens is 334 g/mol. The lowest BCUT2D eigenvalue weighted by atomic mass is 10.1. The van der Waals surface area contributed by atoms with Gasteiger partial charge in [0, 0.05) is 25.2 Å². The van der Waals surface area contributed by atoms with Gasteiger partial charge in [0.25, 0.3) is 11.6 Å². The van der Waals surface area contributed by atoms with E-state index in [-0.39, 0.29) is 11.6 Å². The first-order chi connectivity index (χ1) is 11.1. The number of hydrogen-bond acceptors (Lipinski definition) is 6. The topological polar surface area (TPSA) is 75.5 Å². The molecule has 1 aromatic carbocycles. The number of non-ortho nitro benzene ring substituents is 1. The number of nitrogens with zero attached hydrogens (tertiary/aromatic N) is 2. The molecule has 0 aliphatic carbocycles. The molecule has 3 rings (SSSR count). The normalized spacial score (nSPS) is 20.4. The number of benzene rings is 1. The first kappa shape index (κ1) is 15.9. The Kier molecular flexibility index (Phi) is 4.63. The van der Waals surface area contributed by atoms with E-state index in [4.69, 9.17) is 12.2 Å². The summed E-state index contributed by atoms with van der Waals surface area (Å²) in [6, 6.07) is 6.33. The Balaban J connectivity index is 2.04. The molecule has 2 fully saturated rings. The third-order valence-corrected chi connectivity index (χ3v) is 5.08. The Morgan fingerprint density at radius 2 is 1.87 bits per heavy atom. The van der Waals surface area contributed by atoms with Gasteiger partial charge in [-0.05, 0) is 37.0 Å². The minimum atomic E-state index is -0.427. The monoisotopic (exact) mass is 349 g/mol. The number of hydrogen-bond donors (Lipinski definition) is 1. The SMILES string of the molecule is O=C1NC(=S)S/C1=C(\c1ccc([N+](=O)[O-])cc1)N1CCCCC1. The van der Waals surface area contributed by atoms with Crippen LogP contribution in [0.25, 0.3) is 5.70 Å². The number of rotatable bonds is 3. The van der Waals surface area contributed by atoms with Crippen LogP contribution in [0.3, 0.4) is 0 Å². The van der Waals surface area contributed by atoms with Crippen LogP contribution < -0.4 is 5.32 Å². The molecule has 0 unspecified atom stereocenters. The zero-order valence-corrected chi connectivity index (χ0v) is 13.9. The molecule has 0 saturated carbocycles. The van der Waals surface area contributed by atoms with Crippen LogP contribution in [0.4, 0.5) is 5.69 Å². The molecule has 2 heterocycles. The van der Waals surface area contributed by atoms with Crippen LogP contribution in [0.5, 0.6) is 0 Å². The van der Waals surface area contributed by atoms with Gasteiger partial charge in [-0.2, -0.15) is 0 Å². The fourth-order valence-electron chi connectivity index (χ4n) is 2.79. The molecule has 0 atom stereocenters. The van der Waals surface area contributed by atoms with Gasteiger partial charge in [0.1, 0.15) is 9.23 Å². The van der Waals surface area contributed by atoms with Gasteiger partial charge in [-0.3, -0.25) is 14.9 Å². The van der Waals surface area contributed by atoms with Crippen molar-refractivity contribution in [3.8, 4) is 0 Å². The third kappa shape index (κ3) is 3.37. The highest BCUT2D eigenvalue weighted by molar-refractivity contribution is 8.26. The molecule has 23 heavy (non-hydrogen) atoms. The number of nitro groups is 1. The van der Waals surface area contributed by atoms with Gasteiger partial charge in [-0.15, -0.1) is 0 Å². The summed E-state index contributed by atoms with van der Waals surface area (Å²) in [5, 5.41) is 13.5. The van der Waals surface area contributed by atoms with Crippen molar-refractivity contribution in [2.75, 3.05) is 13.1 Å². The van der Waals surface area contributed by atoms with E-state index in [0.29, 0.717) is 9.23 Å². The third-order valence-electron chi connectivity index (χ3n) is 3.86. The number of nitrogens with one attached hydrogen (secondary N) is 1. The fraction of sp³-hybridized carbons (Fsp3) is 0.333. The first-order valence-corrected chi connectivity index (χ1v) is 8.56. The first-order valence-electron chi connectivity index (χ1n) is 7.33. The molecule has 6 nitrogen and oxygen atoms in total. The maximum Gasteiger partial charge on any atom is 0.269 e. The van der Waals surface area contributed by atoms with Gasteiger partial charge in [0.2, 0.25) is 0 Å². The number of amides is 1. The molecule has 2 aliphatic heterocycles. The molecule has 8 heteroatoms. The molecule has 2 saturated heterocycles. The van der Waals surface area contributed by atoms with Crippen LogP contribution in [0.2, 0.25) is 0 Å². The quantitative estimate of drug-likeness (QED) is 0.391. The average molecular weight is 349 g/mol. The fourth-order valence-corrected chi connectivity index (χ4v) is 3.94. The molecule has 1 amide bonds. The summed E-state index contributed by atoms with van der Waals surface area (Å²) in [5.41, 5.74) is 1.66. The summed E-state index contributed by atoms with van der Waals surface area (Å²) in [5.74, 6) is -0.195. The lowest BCUT2D eigenvalue weighted by Crippen LogP contribution is -2.30. The average Bonchev–Trinajstić information content (AvgIpc) is 2.87. The van der Waals surface area contributed by atoms with E-state index in [2.05, 4.69) is 10.2 Å². The van der Waals surface area contributed by atoms with E-state index in [0.717, 1.165) is 37.2 Å². The standard InChI is InChI=1S/C15H15N3O3S2/c19-14-13(23-15(22)16-14)12(17-8-2-1-3-9-17)10-4-6-11(7-5-10)18(20)21/h4-7H,1-3,8-9H2,(H,16,19,22)/b13-12+. The van der Waals surface area contributed by atoms with E-state index >= 15 is 0 Å². The van der Waals surface area contributed by atoms with E-state index in [1.807, 2.05) is 0 Å². The summed E-state index contributed by atoms with van der Waals surface area (Å²) in [6.07, 6.45) is 3.32. The Hall–Kier alpha value is -1.93. The Morgan fingerprint density at radius 1 is 1.22 bits per heavy atom. The molecule has 0 aromatic heterocycles. The van der Waals surface area contributed by atoms with Crippen LogP contribution in [-0.4, -0.2) is 33.1 Å². The number of likely N-dealkylation sites (tertiary alicyclic amines) is 1. The second-order valence-electron chi connectivity index (χ2n) is 5.37. The molecule has 0 spiro atoms. The Bertz CT molecular complexity index is 694. The summed E-state index contributed by atoms with van der Waals surface area (Å²) >= 11 is 6.34. The number of nitro benzene ring substituents is 1. The van der Waals surface area contributed by atoms with Crippen molar-refractivity contribution in [3.05, 3.63) is 44.8 Å². The highest BCUT2D eigenvalue weighted by Gasteiger charge is 2.30. The van der Waals surface area contributed by atoms with Crippen molar-refractivity contribution in [1.29, 1.82) is 0 Å². The second-order valence-corrected chi connectivity index (χ2v) is 7.06. The zero-order valence-electron chi connectivity index (χ0n) is 12.3. The van der Waals surface area contributed by atoms with E-state index in [1.165, 1.54) is 30.3 Å². The number of thioether (sulfide) groups is 1. The lowest BCUT2D eigenvalue weighted by Gasteiger charge is -2.32. The van der Waals surface area contributed by atoms with Crippen LogP contribution in [-0.2, 0) is 4.79 Å². The van der Waals surface area contributed by atoms with Gasteiger partial charge in [-0.25, -0.2) is 0 Å². The molecular formula is C15H15N3O3S2. The van der Waals surface area contributed by atoms with Gasteiger partial charge >= 0.3 is 0 Å². The number of thiocarbonyl (C=S) groups is 1. The maximum absolute atomic E-state index is 12.2. The largest absolute Gasteiger partial charge is 0.370 e. The summed E-state index contributed by atoms with van der Waals surface area (Å²) in [6.45, 7) is 1.74. The summed E-state index contributed by atoms with van der Waals surface area (Å²) < 4.78 is 0.446. The van der Waals surface area contributed by atoms with Crippen LogP contribution in [0.15, 0.2) is 29.2 Å². The summed E-state index contributed by atoms with van der Waals surface area (Å²) in [7, 11) is 0. The zero-order chi connectivity index (χ0) is 16.4. The van der Waals surface area contributed by atoms with Gasteiger partial charge in [0.15, 0.2) is 0 Å². The van der Waals surface area contributed by atoms with Crippen LogP contribution >= 0.6 is 24.0 Å². The number of carbonyl (C=O) groups is 1. The van der Waals surface area contributed by atoms with Crippen molar-refractivity contribution in [1.82, 2.24) is 10.2 Å². The Labute approximate surface area is 143 Å². The summed E-state index contributed by atoms with van der Waals surface area (Å²) in [4.78, 5) is 25.4. The molecule has 1 N–H and O–H groups in total. The van der Waals surface area contributed by atoms with Crippen molar-refractivity contribution < 1.29 is 9.72 Å². The van der Waals surface area contributed by atoms with E-state index in [1.54, 1.807) is 12.1 Å². The van der Waals surface area contributed by atoms with Crippen molar-refractivity contribution in [3.63, 3.8) is 0 Å². The van der Waals surface area contributed by atoms with Gasteiger partial charge < -0.3 is 10.2 Å². The predicted octanol–water partition coefficient (Wildman–Crippen LogP) is 2.90. The predicted molar refractivity (Wildman–Crippen MR) is 93.8 cm³/mol. The minimum Gasteiger partial charge on any atom is -0.370 e. The van der Waals surface area contributed by atoms with Crippen molar-refractivity contribution in [2.24, 2.45) is 0 Å². The van der Waals surface area contributed by atoms with Crippen LogP contribution in [0.1, 0.15) is 24.8 Å². The van der Waals surface area contributed by atoms with Crippen molar-refractivity contribution >= 4 is 45.6 Å². The maximum atomic E-state index is 12.2. The smallest absolute Gasteiger partial charge is 0.269 e. The highest BCUT2D eigenvalue weighted by Crippen LogP contribution is 2.35. The molecule has 0 radical (unpaired) electrons. The minimum absolute atomic E-state index is 0.0378. The Morgan fingerprint density at radius 3 is 2.39 bits per heavy atom. The highest BCUT2D eigenvalue weighted by atomic mass is 32.2. The molecule has 120 valence electrons. The second kappa shape index (κ2) is 6.67. The van der Waals surface area contributed by atoms with E-state index < -0.39 is 4.92 Å². The lowest BCUT2D eigenvalue weighted by molar-refractivity contribution is -0.384. The van der Waals surface area contributed by atoms with Gasteiger partial charge in [-0.1, -0.05) is 24.0 Å². The molecule has 2 aliphatic rings. The number of carbonyl (C=O) groups excluding carboxylic acids is 1. The molecule has 1 aromatic rings.